The molecule has 1 aromatic carbocycles. The monoisotopic (exact) mass is 461 g/mol. The summed E-state index contributed by atoms with van der Waals surface area (Å²) in [7, 11) is 0. The standard InChI is InChI=1S/C21H24ClN5O3S/c22-13-7-3-4-8-15(13)31-9-14-17(28)18(29)21(30-14)27-11-25-16-19(23-10-24-20(16)27)26-12-5-1-2-6-12/h3-4,7-8,10-12,14,17-18,21,28-29H,1-2,5-6,9H2,(H,23,24,26)/t14-,17-,18-,21+/m0/s1. The molecule has 8 nitrogen and oxygen atoms in total. The molecule has 164 valence electrons. The van der Waals surface area contributed by atoms with Crippen molar-refractivity contribution in [2.45, 2.75) is 61.2 Å². The van der Waals surface area contributed by atoms with Gasteiger partial charge in [-0.05, 0) is 25.0 Å². The molecule has 5 rings (SSSR count). The number of aliphatic hydroxyl groups excluding tert-OH is 2. The molecule has 31 heavy (non-hydrogen) atoms. The van der Waals surface area contributed by atoms with Crippen molar-refractivity contribution in [3.8, 4) is 0 Å². The SMILES string of the molecule is O[C@@H]1[C@H](O)[C@H](n2cnc3c(NC4CCCC4)ncnc32)O[C@H]1CSc1ccccc1Cl. The van der Waals surface area contributed by atoms with E-state index >= 15 is 0 Å². The minimum absolute atomic E-state index is 0.393. The highest BCUT2D eigenvalue weighted by Gasteiger charge is 2.44. The summed E-state index contributed by atoms with van der Waals surface area (Å²) in [6.07, 6.45) is 4.26. The van der Waals surface area contributed by atoms with Crippen molar-refractivity contribution < 1.29 is 14.9 Å². The molecule has 0 bridgehead atoms. The molecule has 1 aliphatic heterocycles. The van der Waals surface area contributed by atoms with Gasteiger partial charge in [-0.2, -0.15) is 0 Å². The highest BCUT2D eigenvalue weighted by atomic mass is 35.5. The molecular formula is C21H24ClN5O3S. The van der Waals surface area contributed by atoms with Crippen LogP contribution in [-0.4, -0.2) is 59.8 Å². The summed E-state index contributed by atoms with van der Waals surface area (Å²) >= 11 is 7.70. The lowest BCUT2D eigenvalue weighted by Crippen LogP contribution is -2.32. The summed E-state index contributed by atoms with van der Waals surface area (Å²) < 4.78 is 7.72. The lowest BCUT2D eigenvalue weighted by Gasteiger charge is -2.17. The van der Waals surface area contributed by atoms with Gasteiger partial charge in [0.2, 0.25) is 0 Å². The number of nitrogens with zero attached hydrogens (tertiary/aromatic N) is 4. The third kappa shape index (κ3) is 4.12. The molecule has 0 amide bonds. The fourth-order valence-electron chi connectivity index (χ4n) is 4.24. The Morgan fingerprint density at radius 1 is 1.13 bits per heavy atom. The van der Waals surface area contributed by atoms with E-state index in [0.29, 0.717) is 33.8 Å². The maximum Gasteiger partial charge on any atom is 0.167 e. The molecule has 3 heterocycles. The topological polar surface area (TPSA) is 105 Å². The highest BCUT2D eigenvalue weighted by Crippen LogP contribution is 2.36. The molecule has 0 spiro atoms. The van der Waals surface area contributed by atoms with Crippen molar-refractivity contribution in [1.29, 1.82) is 0 Å². The zero-order chi connectivity index (χ0) is 21.4. The number of benzene rings is 1. The van der Waals surface area contributed by atoms with Crippen LogP contribution in [0.4, 0.5) is 5.82 Å². The largest absolute Gasteiger partial charge is 0.387 e. The summed E-state index contributed by atoms with van der Waals surface area (Å²) in [6.45, 7) is 0. The number of thioether (sulfide) groups is 1. The molecule has 3 aromatic rings. The lowest BCUT2D eigenvalue weighted by atomic mass is 10.1. The van der Waals surface area contributed by atoms with Gasteiger partial charge in [0.15, 0.2) is 23.2 Å². The first kappa shape index (κ1) is 21.0. The van der Waals surface area contributed by atoms with Crippen LogP contribution in [0.5, 0.6) is 0 Å². The quantitative estimate of drug-likeness (QED) is 0.480. The molecule has 3 N–H and O–H groups in total. The Hall–Kier alpha value is -1.91. The third-order valence-corrected chi connectivity index (χ3v) is 7.51. The minimum Gasteiger partial charge on any atom is -0.387 e. The molecular weight excluding hydrogens is 438 g/mol. The van der Waals surface area contributed by atoms with E-state index in [1.165, 1.54) is 30.9 Å². The van der Waals surface area contributed by atoms with Gasteiger partial charge in [0, 0.05) is 16.7 Å². The van der Waals surface area contributed by atoms with Crippen molar-refractivity contribution in [3.63, 3.8) is 0 Å². The van der Waals surface area contributed by atoms with Gasteiger partial charge in [-0.25, -0.2) is 15.0 Å². The number of hydrogen-bond donors (Lipinski definition) is 3. The number of anilines is 1. The number of rotatable bonds is 6. The summed E-state index contributed by atoms with van der Waals surface area (Å²) in [6, 6.07) is 7.91. The van der Waals surface area contributed by atoms with Gasteiger partial charge in [-0.3, -0.25) is 4.57 Å². The van der Waals surface area contributed by atoms with Gasteiger partial charge in [0.1, 0.15) is 18.5 Å². The number of imidazole rings is 1. The lowest BCUT2D eigenvalue weighted by molar-refractivity contribution is -0.0289. The Kier molecular flexibility index (Phi) is 6.03. The zero-order valence-electron chi connectivity index (χ0n) is 16.8. The van der Waals surface area contributed by atoms with Gasteiger partial charge >= 0.3 is 0 Å². The normalized spacial score (nSPS) is 26.7. The highest BCUT2D eigenvalue weighted by molar-refractivity contribution is 7.99. The number of aliphatic hydroxyl groups is 2. The smallest absolute Gasteiger partial charge is 0.167 e. The Balaban J connectivity index is 1.34. The Labute approximate surface area is 189 Å². The van der Waals surface area contributed by atoms with E-state index in [9.17, 15) is 10.2 Å². The van der Waals surface area contributed by atoms with E-state index < -0.39 is 24.5 Å². The summed E-state index contributed by atoms with van der Waals surface area (Å²) in [5, 5.41) is 25.4. The summed E-state index contributed by atoms with van der Waals surface area (Å²) in [5.74, 6) is 1.14. The first-order chi connectivity index (χ1) is 15.1. The van der Waals surface area contributed by atoms with Crippen LogP contribution in [0, 0.1) is 0 Å². The number of ether oxygens (including phenoxy) is 1. The second-order valence-electron chi connectivity index (χ2n) is 7.96. The average Bonchev–Trinajstić information content (AvgIpc) is 3.50. The predicted octanol–water partition coefficient (Wildman–Crippen LogP) is 3.25. The van der Waals surface area contributed by atoms with Crippen molar-refractivity contribution in [2.75, 3.05) is 11.1 Å². The molecule has 1 saturated heterocycles. The van der Waals surface area contributed by atoms with Crippen molar-refractivity contribution >= 4 is 40.3 Å². The number of halogens is 1. The number of hydrogen-bond acceptors (Lipinski definition) is 8. The van der Waals surface area contributed by atoms with Crippen molar-refractivity contribution in [2.24, 2.45) is 0 Å². The van der Waals surface area contributed by atoms with Crippen LogP contribution < -0.4 is 5.32 Å². The van der Waals surface area contributed by atoms with E-state index in [4.69, 9.17) is 16.3 Å². The average molecular weight is 462 g/mol. The second-order valence-corrected chi connectivity index (χ2v) is 9.43. The van der Waals surface area contributed by atoms with Crippen LogP contribution in [0.25, 0.3) is 11.2 Å². The first-order valence-electron chi connectivity index (χ1n) is 10.4. The van der Waals surface area contributed by atoms with Crippen LogP contribution in [-0.2, 0) is 4.74 Å². The first-order valence-corrected chi connectivity index (χ1v) is 11.8. The second kappa shape index (κ2) is 8.91. The fourth-order valence-corrected chi connectivity index (χ4v) is 5.54. The fraction of sp³-hybridized carbons (Fsp3) is 0.476. The zero-order valence-corrected chi connectivity index (χ0v) is 18.3. The van der Waals surface area contributed by atoms with Gasteiger partial charge in [-0.1, -0.05) is 36.6 Å². The molecule has 10 heteroatoms. The van der Waals surface area contributed by atoms with E-state index in [1.54, 1.807) is 10.9 Å². The van der Waals surface area contributed by atoms with Gasteiger partial charge in [-0.15, -0.1) is 11.8 Å². The van der Waals surface area contributed by atoms with Gasteiger partial charge in [0.25, 0.3) is 0 Å². The molecule has 0 radical (unpaired) electrons. The maximum absolute atomic E-state index is 10.7. The molecule has 2 fully saturated rings. The van der Waals surface area contributed by atoms with Crippen LogP contribution in [0.15, 0.2) is 41.8 Å². The molecule has 2 aliphatic rings. The van der Waals surface area contributed by atoms with Crippen LogP contribution >= 0.6 is 23.4 Å². The van der Waals surface area contributed by atoms with Gasteiger partial charge < -0.3 is 20.3 Å². The van der Waals surface area contributed by atoms with E-state index in [1.807, 2.05) is 24.3 Å². The van der Waals surface area contributed by atoms with E-state index in [2.05, 4.69) is 20.3 Å². The molecule has 2 aromatic heterocycles. The van der Waals surface area contributed by atoms with Crippen molar-refractivity contribution in [3.05, 3.63) is 41.9 Å². The summed E-state index contributed by atoms with van der Waals surface area (Å²) in [5.41, 5.74) is 1.19. The predicted molar refractivity (Wildman–Crippen MR) is 119 cm³/mol. The number of aromatic nitrogens is 4. The van der Waals surface area contributed by atoms with E-state index in [0.717, 1.165) is 17.7 Å². The Bertz CT molecular complexity index is 1060. The van der Waals surface area contributed by atoms with Crippen molar-refractivity contribution in [1.82, 2.24) is 19.5 Å². The summed E-state index contributed by atoms with van der Waals surface area (Å²) in [4.78, 5) is 14.1. The number of fused-ring (bicyclic) bond motifs is 1. The Morgan fingerprint density at radius 2 is 1.94 bits per heavy atom. The maximum atomic E-state index is 10.7. The van der Waals surface area contributed by atoms with Crippen LogP contribution in [0.3, 0.4) is 0 Å². The minimum atomic E-state index is -1.10. The van der Waals surface area contributed by atoms with Crippen LogP contribution in [0.2, 0.25) is 5.02 Å². The Morgan fingerprint density at radius 3 is 2.74 bits per heavy atom. The molecule has 1 saturated carbocycles. The third-order valence-electron chi connectivity index (χ3n) is 5.91. The molecule has 4 atom stereocenters. The number of nitrogens with one attached hydrogen (secondary N) is 1. The van der Waals surface area contributed by atoms with Crippen LogP contribution in [0.1, 0.15) is 31.9 Å². The van der Waals surface area contributed by atoms with Gasteiger partial charge in [0.05, 0.1) is 17.5 Å². The molecule has 0 unspecified atom stereocenters. The van der Waals surface area contributed by atoms with E-state index in [-0.39, 0.29) is 0 Å². The molecule has 1 aliphatic carbocycles.